The fraction of sp³-hybridized carbons (Fsp3) is 0.632. The van der Waals surface area contributed by atoms with Gasteiger partial charge in [-0.15, -0.1) is 0 Å². The Morgan fingerprint density at radius 2 is 1.96 bits per heavy atom. The van der Waals surface area contributed by atoms with E-state index in [4.69, 9.17) is 4.74 Å². The number of piperidine rings is 1. The van der Waals surface area contributed by atoms with Crippen LogP contribution in [0.3, 0.4) is 0 Å². The van der Waals surface area contributed by atoms with Gasteiger partial charge < -0.3 is 20.1 Å². The Morgan fingerprint density at radius 1 is 1.25 bits per heavy atom. The number of guanidine groups is 1. The van der Waals surface area contributed by atoms with Crippen molar-refractivity contribution in [1.29, 1.82) is 0 Å². The first-order chi connectivity index (χ1) is 11.4. The predicted octanol–water partition coefficient (Wildman–Crippen LogP) is 3.59. The average Bonchev–Trinajstić information content (AvgIpc) is 2.55. The molecule has 0 atom stereocenters. The zero-order chi connectivity index (χ0) is 17.6. The number of aromatic hydroxyl groups is 1. The Kier molecular flexibility index (Phi) is 6.49. The number of phenols is 1. The van der Waals surface area contributed by atoms with E-state index in [0.29, 0.717) is 18.8 Å². The van der Waals surface area contributed by atoms with Gasteiger partial charge in [-0.05, 0) is 42.4 Å². The quantitative estimate of drug-likeness (QED) is 0.383. The average molecular weight is 333 g/mol. The van der Waals surface area contributed by atoms with Crippen molar-refractivity contribution in [2.75, 3.05) is 38.7 Å². The zero-order valence-electron chi connectivity index (χ0n) is 15.4. The molecule has 0 radical (unpaired) electrons. The Hall–Kier alpha value is -1.75. The number of nitrogens with zero attached hydrogens (tertiary/aromatic N) is 2. The molecule has 2 N–H and O–H groups in total. The third kappa shape index (κ3) is 5.13. The van der Waals surface area contributed by atoms with E-state index >= 15 is 0 Å². The van der Waals surface area contributed by atoms with Crippen LogP contribution in [-0.2, 0) is 10.2 Å². The maximum absolute atomic E-state index is 10.3. The van der Waals surface area contributed by atoms with Gasteiger partial charge in [0.05, 0.1) is 18.8 Å². The van der Waals surface area contributed by atoms with Gasteiger partial charge in [0.15, 0.2) is 5.96 Å². The third-order valence-corrected chi connectivity index (χ3v) is 4.32. The number of aliphatic imine (C=N–C) groups is 1. The van der Waals surface area contributed by atoms with E-state index in [2.05, 4.69) is 36.0 Å². The fourth-order valence-corrected chi connectivity index (χ4v) is 2.79. The smallest absolute Gasteiger partial charge is 0.198 e. The lowest BCUT2D eigenvalue weighted by Crippen LogP contribution is -2.40. The second-order valence-electron chi connectivity index (χ2n) is 7.35. The van der Waals surface area contributed by atoms with Crippen molar-refractivity contribution in [1.82, 2.24) is 4.90 Å². The highest BCUT2D eigenvalue weighted by molar-refractivity contribution is 5.95. The second kappa shape index (κ2) is 8.38. The highest BCUT2D eigenvalue weighted by atomic mass is 16.5. The van der Waals surface area contributed by atoms with Crippen LogP contribution >= 0.6 is 0 Å². The number of anilines is 1. The number of benzene rings is 1. The van der Waals surface area contributed by atoms with E-state index in [9.17, 15) is 5.11 Å². The van der Waals surface area contributed by atoms with E-state index in [1.807, 2.05) is 12.1 Å². The molecule has 5 nitrogen and oxygen atoms in total. The number of likely N-dealkylation sites (tertiary alicyclic amines) is 1. The number of methoxy groups -OCH3 is 1. The van der Waals surface area contributed by atoms with Gasteiger partial charge in [-0.25, -0.2) is 0 Å². The second-order valence-corrected chi connectivity index (χ2v) is 7.35. The lowest BCUT2D eigenvalue weighted by atomic mass is 9.87. The molecule has 24 heavy (non-hydrogen) atoms. The molecular weight excluding hydrogens is 302 g/mol. The van der Waals surface area contributed by atoms with Crippen molar-refractivity contribution < 1.29 is 9.84 Å². The van der Waals surface area contributed by atoms with Gasteiger partial charge in [-0.2, -0.15) is 0 Å². The van der Waals surface area contributed by atoms with Gasteiger partial charge in [0.2, 0.25) is 0 Å². The minimum atomic E-state index is 0.0304. The lowest BCUT2D eigenvalue weighted by molar-refractivity contribution is 0.207. The van der Waals surface area contributed by atoms with E-state index in [1.165, 1.54) is 24.8 Å². The lowest BCUT2D eigenvalue weighted by Gasteiger charge is -2.30. The molecule has 1 aliphatic rings. The Bertz CT molecular complexity index is 558. The molecule has 0 unspecified atom stereocenters. The molecule has 1 saturated heterocycles. The van der Waals surface area contributed by atoms with Gasteiger partial charge in [0.25, 0.3) is 0 Å². The van der Waals surface area contributed by atoms with Gasteiger partial charge in [-0.1, -0.05) is 26.8 Å². The first-order valence-electron chi connectivity index (χ1n) is 8.80. The van der Waals surface area contributed by atoms with Crippen molar-refractivity contribution in [3.05, 3.63) is 23.8 Å². The molecular formula is C19H31N3O2. The van der Waals surface area contributed by atoms with E-state index < -0.39 is 0 Å². The van der Waals surface area contributed by atoms with E-state index in [-0.39, 0.29) is 11.2 Å². The number of nitrogens with one attached hydrogen (secondary N) is 1. The minimum absolute atomic E-state index is 0.0304. The highest BCUT2D eigenvalue weighted by Gasteiger charge is 2.19. The third-order valence-electron chi connectivity index (χ3n) is 4.32. The molecule has 1 aromatic carbocycles. The van der Waals surface area contributed by atoms with Gasteiger partial charge in [0.1, 0.15) is 5.75 Å². The summed E-state index contributed by atoms with van der Waals surface area (Å²) in [5.74, 6) is 1.08. The molecule has 0 spiro atoms. The fourth-order valence-electron chi connectivity index (χ4n) is 2.79. The summed E-state index contributed by atoms with van der Waals surface area (Å²) >= 11 is 0. The predicted molar refractivity (Wildman–Crippen MR) is 100 cm³/mol. The van der Waals surface area contributed by atoms with Crippen LogP contribution in [0.5, 0.6) is 5.75 Å². The molecule has 1 aromatic rings. The molecule has 0 bridgehead atoms. The summed E-state index contributed by atoms with van der Waals surface area (Å²) in [5.41, 5.74) is 1.92. The Morgan fingerprint density at radius 3 is 2.58 bits per heavy atom. The Balaban J connectivity index is 2.23. The van der Waals surface area contributed by atoms with Gasteiger partial charge in [0, 0.05) is 20.2 Å². The van der Waals surface area contributed by atoms with Gasteiger partial charge >= 0.3 is 0 Å². The summed E-state index contributed by atoms with van der Waals surface area (Å²) in [4.78, 5) is 6.93. The van der Waals surface area contributed by atoms with Crippen LogP contribution in [-0.4, -0.2) is 49.3 Å². The highest BCUT2D eigenvalue weighted by Crippen LogP contribution is 2.31. The van der Waals surface area contributed by atoms with Crippen LogP contribution in [0.2, 0.25) is 0 Å². The van der Waals surface area contributed by atoms with Crippen molar-refractivity contribution in [2.24, 2.45) is 4.99 Å². The first kappa shape index (κ1) is 18.6. The normalized spacial score (nSPS) is 16.3. The molecule has 0 saturated carbocycles. The molecule has 5 heteroatoms. The monoisotopic (exact) mass is 333 g/mol. The van der Waals surface area contributed by atoms with E-state index in [0.717, 1.165) is 19.0 Å². The van der Waals surface area contributed by atoms with Crippen LogP contribution in [0.15, 0.2) is 23.2 Å². The molecule has 0 aromatic heterocycles. The van der Waals surface area contributed by atoms with Crippen molar-refractivity contribution in [2.45, 2.75) is 45.4 Å². The van der Waals surface area contributed by atoms with Crippen molar-refractivity contribution in [3.63, 3.8) is 0 Å². The SMILES string of the molecule is COCCN=C(Nc1cc(C(C)(C)C)ccc1O)N1CCCCC1. The largest absolute Gasteiger partial charge is 0.506 e. The first-order valence-corrected chi connectivity index (χ1v) is 8.80. The molecule has 0 amide bonds. The standard InChI is InChI=1S/C19H31N3O2/c1-19(2,3)15-8-9-17(23)16(14-15)21-18(20-10-13-24-4)22-11-6-5-7-12-22/h8-9,14,23H,5-7,10-13H2,1-4H3,(H,20,21). The number of hydrogen-bond acceptors (Lipinski definition) is 3. The van der Waals surface area contributed by atoms with Crippen LogP contribution < -0.4 is 5.32 Å². The summed E-state index contributed by atoms with van der Waals surface area (Å²) in [7, 11) is 1.68. The molecule has 2 rings (SSSR count). The van der Waals surface area contributed by atoms with Crippen LogP contribution in [0.1, 0.15) is 45.6 Å². The maximum atomic E-state index is 10.3. The topological polar surface area (TPSA) is 57.1 Å². The number of ether oxygens (including phenoxy) is 1. The maximum Gasteiger partial charge on any atom is 0.198 e. The summed E-state index contributed by atoms with van der Waals surface area (Å²) < 4.78 is 5.11. The number of rotatable bonds is 4. The molecule has 1 aliphatic heterocycles. The van der Waals surface area contributed by atoms with Crippen LogP contribution in [0.25, 0.3) is 0 Å². The zero-order valence-corrected chi connectivity index (χ0v) is 15.4. The minimum Gasteiger partial charge on any atom is -0.506 e. The molecule has 134 valence electrons. The summed E-state index contributed by atoms with van der Waals surface area (Å²) in [5, 5.41) is 13.6. The number of hydrogen-bond donors (Lipinski definition) is 2. The van der Waals surface area contributed by atoms with Crippen LogP contribution in [0.4, 0.5) is 5.69 Å². The van der Waals surface area contributed by atoms with Crippen molar-refractivity contribution >= 4 is 11.6 Å². The van der Waals surface area contributed by atoms with E-state index in [1.54, 1.807) is 13.2 Å². The Labute approximate surface area is 145 Å². The molecule has 1 fully saturated rings. The molecule has 0 aliphatic carbocycles. The summed E-state index contributed by atoms with van der Waals surface area (Å²) in [6, 6.07) is 5.75. The number of phenolic OH excluding ortho intramolecular Hbond substituents is 1. The molecule has 1 heterocycles. The van der Waals surface area contributed by atoms with Gasteiger partial charge in [-0.3, -0.25) is 4.99 Å². The van der Waals surface area contributed by atoms with Crippen LogP contribution in [0, 0.1) is 0 Å². The van der Waals surface area contributed by atoms with Crippen molar-refractivity contribution in [3.8, 4) is 5.75 Å². The summed E-state index contributed by atoms with van der Waals surface area (Å²) in [6.07, 6.45) is 3.63. The summed E-state index contributed by atoms with van der Waals surface area (Å²) in [6.45, 7) is 9.70.